The van der Waals surface area contributed by atoms with Crippen molar-refractivity contribution < 1.29 is 4.79 Å². The van der Waals surface area contributed by atoms with Crippen molar-refractivity contribution in [2.24, 2.45) is 0 Å². The average molecular weight is 397 g/mol. The van der Waals surface area contributed by atoms with Gasteiger partial charge in [0.2, 0.25) is 0 Å². The van der Waals surface area contributed by atoms with E-state index >= 15 is 0 Å². The van der Waals surface area contributed by atoms with Crippen LogP contribution in [0, 0.1) is 13.8 Å². The summed E-state index contributed by atoms with van der Waals surface area (Å²) < 4.78 is 0. The highest BCUT2D eigenvalue weighted by Gasteiger charge is 2.31. The minimum atomic E-state index is -0.0443. The molecule has 134 valence electrons. The number of aryl methyl sites for hydroxylation is 2. The molecule has 0 bridgehead atoms. The molecule has 25 heavy (non-hydrogen) atoms. The Bertz CT molecular complexity index is 782. The molecular weight excluding hydrogens is 375 g/mol. The standard InChI is InChI=1S/C19H22Cl2N2OS/c1-12-10-18(13(2)25-12)23(15-6-8-22(3)9-7-15)19(24)16-5-4-14(20)11-17(16)21/h4-5,10-11,15H,6-9H2,1-3H3. The minimum Gasteiger partial charge on any atom is -0.306 e. The summed E-state index contributed by atoms with van der Waals surface area (Å²) in [6.45, 7) is 6.13. The zero-order valence-electron chi connectivity index (χ0n) is 14.7. The molecule has 1 saturated heterocycles. The molecule has 3 nitrogen and oxygen atoms in total. The Morgan fingerprint density at radius 1 is 1.20 bits per heavy atom. The van der Waals surface area contributed by atoms with Crippen molar-refractivity contribution in [3.63, 3.8) is 0 Å². The molecule has 1 aliphatic rings. The number of nitrogens with zero attached hydrogens (tertiary/aromatic N) is 2. The molecule has 0 aliphatic carbocycles. The second-order valence-corrected chi connectivity index (χ2v) is 8.94. The van der Waals surface area contributed by atoms with Gasteiger partial charge in [0.1, 0.15) is 0 Å². The van der Waals surface area contributed by atoms with Gasteiger partial charge >= 0.3 is 0 Å². The van der Waals surface area contributed by atoms with Crippen LogP contribution in [0.2, 0.25) is 10.0 Å². The quantitative estimate of drug-likeness (QED) is 0.691. The van der Waals surface area contributed by atoms with E-state index in [-0.39, 0.29) is 11.9 Å². The van der Waals surface area contributed by atoms with E-state index in [0.29, 0.717) is 15.6 Å². The van der Waals surface area contributed by atoms with Crippen LogP contribution in [0.25, 0.3) is 0 Å². The van der Waals surface area contributed by atoms with Crippen molar-refractivity contribution in [3.8, 4) is 0 Å². The van der Waals surface area contributed by atoms with Gasteiger partial charge in [-0.05, 0) is 71.1 Å². The summed E-state index contributed by atoms with van der Waals surface area (Å²) in [5, 5.41) is 0.940. The van der Waals surface area contributed by atoms with Gasteiger partial charge in [0.25, 0.3) is 5.91 Å². The predicted molar refractivity (Wildman–Crippen MR) is 108 cm³/mol. The van der Waals surface area contributed by atoms with Gasteiger partial charge in [-0.3, -0.25) is 4.79 Å². The zero-order chi connectivity index (χ0) is 18.1. The molecule has 3 rings (SSSR count). The Balaban J connectivity index is 2.01. The summed E-state index contributed by atoms with van der Waals surface area (Å²) in [7, 11) is 2.12. The van der Waals surface area contributed by atoms with Gasteiger partial charge in [0.05, 0.1) is 16.3 Å². The number of anilines is 1. The van der Waals surface area contributed by atoms with Crippen molar-refractivity contribution >= 4 is 46.1 Å². The summed E-state index contributed by atoms with van der Waals surface area (Å²) in [4.78, 5) is 20.0. The maximum Gasteiger partial charge on any atom is 0.260 e. The molecular formula is C19H22Cl2N2OS. The molecule has 1 amide bonds. The molecule has 1 aliphatic heterocycles. The number of thiophene rings is 1. The Labute approximate surface area is 163 Å². The fourth-order valence-electron chi connectivity index (χ4n) is 3.37. The third kappa shape index (κ3) is 4.03. The van der Waals surface area contributed by atoms with E-state index in [4.69, 9.17) is 23.2 Å². The lowest BCUT2D eigenvalue weighted by Gasteiger charge is -2.37. The first-order chi connectivity index (χ1) is 11.9. The third-order valence-electron chi connectivity index (χ3n) is 4.71. The van der Waals surface area contributed by atoms with Crippen molar-refractivity contribution in [2.45, 2.75) is 32.7 Å². The van der Waals surface area contributed by atoms with Crippen molar-refractivity contribution in [1.29, 1.82) is 0 Å². The van der Waals surface area contributed by atoms with Gasteiger partial charge in [-0.25, -0.2) is 0 Å². The molecule has 1 aromatic carbocycles. The molecule has 0 radical (unpaired) electrons. The molecule has 0 spiro atoms. The van der Waals surface area contributed by atoms with Crippen molar-refractivity contribution in [2.75, 3.05) is 25.0 Å². The monoisotopic (exact) mass is 396 g/mol. The lowest BCUT2D eigenvalue weighted by Crippen LogP contribution is -2.47. The number of carbonyl (C=O) groups excluding carboxylic acids is 1. The molecule has 6 heteroatoms. The largest absolute Gasteiger partial charge is 0.306 e. The van der Waals surface area contributed by atoms with Crippen LogP contribution >= 0.6 is 34.5 Å². The summed E-state index contributed by atoms with van der Waals surface area (Å²) in [6.07, 6.45) is 1.92. The van der Waals surface area contributed by atoms with Gasteiger partial charge in [0.15, 0.2) is 0 Å². The van der Waals surface area contributed by atoms with E-state index < -0.39 is 0 Å². The van der Waals surface area contributed by atoms with Crippen LogP contribution in [-0.2, 0) is 0 Å². The zero-order valence-corrected chi connectivity index (χ0v) is 17.0. The smallest absolute Gasteiger partial charge is 0.260 e. The lowest BCUT2D eigenvalue weighted by molar-refractivity contribution is 0.0964. The van der Waals surface area contributed by atoms with E-state index in [1.165, 1.54) is 4.88 Å². The highest BCUT2D eigenvalue weighted by Crippen LogP contribution is 2.35. The van der Waals surface area contributed by atoms with Crippen LogP contribution in [0.15, 0.2) is 24.3 Å². The number of carbonyl (C=O) groups is 1. The first-order valence-electron chi connectivity index (χ1n) is 8.41. The molecule has 2 heterocycles. The number of rotatable bonds is 3. The topological polar surface area (TPSA) is 23.6 Å². The minimum absolute atomic E-state index is 0.0443. The van der Waals surface area contributed by atoms with Gasteiger partial charge < -0.3 is 9.80 Å². The molecule has 0 unspecified atom stereocenters. The summed E-state index contributed by atoms with van der Waals surface area (Å²) >= 11 is 14.0. The Hall–Kier alpha value is -1.07. The predicted octanol–water partition coefficient (Wildman–Crippen LogP) is 5.41. The van der Waals surface area contributed by atoms with E-state index in [1.54, 1.807) is 29.5 Å². The molecule has 1 aromatic heterocycles. The van der Waals surface area contributed by atoms with E-state index in [1.807, 2.05) is 4.90 Å². The maximum atomic E-state index is 13.4. The highest BCUT2D eigenvalue weighted by atomic mass is 35.5. The normalized spacial score (nSPS) is 16.2. The molecule has 1 fully saturated rings. The number of hydrogen-bond donors (Lipinski definition) is 0. The van der Waals surface area contributed by atoms with Crippen molar-refractivity contribution in [1.82, 2.24) is 4.90 Å². The second kappa shape index (κ2) is 7.67. The van der Waals surface area contributed by atoms with E-state index in [9.17, 15) is 4.79 Å². The third-order valence-corrected chi connectivity index (χ3v) is 6.21. The summed E-state index contributed by atoms with van der Waals surface area (Å²) in [5.74, 6) is -0.0443. The molecule has 2 aromatic rings. The van der Waals surface area contributed by atoms with Gasteiger partial charge in [-0.2, -0.15) is 0 Å². The molecule has 0 saturated carbocycles. The Morgan fingerprint density at radius 3 is 2.44 bits per heavy atom. The van der Waals surface area contributed by atoms with Crippen LogP contribution < -0.4 is 4.90 Å². The van der Waals surface area contributed by atoms with Gasteiger partial charge in [-0.1, -0.05) is 23.2 Å². The SMILES string of the molecule is Cc1cc(N(C(=O)c2ccc(Cl)cc2Cl)C2CCN(C)CC2)c(C)s1. The molecule has 0 atom stereocenters. The lowest BCUT2D eigenvalue weighted by atomic mass is 10.0. The Kier molecular flexibility index (Phi) is 5.74. The van der Waals surface area contributed by atoms with Crippen molar-refractivity contribution in [3.05, 3.63) is 49.6 Å². The number of benzene rings is 1. The summed E-state index contributed by atoms with van der Waals surface area (Å²) in [6, 6.07) is 7.38. The average Bonchev–Trinajstić information content (AvgIpc) is 2.87. The number of piperidine rings is 1. The first kappa shape index (κ1) is 18.7. The second-order valence-electron chi connectivity index (χ2n) is 6.63. The fraction of sp³-hybridized carbons (Fsp3) is 0.421. The Morgan fingerprint density at radius 2 is 1.88 bits per heavy atom. The highest BCUT2D eigenvalue weighted by molar-refractivity contribution is 7.12. The van der Waals surface area contributed by atoms with Crippen LogP contribution in [0.1, 0.15) is 33.0 Å². The fourth-order valence-corrected chi connectivity index (χ4v) is 4.78. The van der Waals surface area contributed by atoms with Crippen LogP contribution in [0.4, 0.5) is 5.69 Å². The van der Waals surface area contributed by atoms with Gasteiger partial charge in [-0.15, -0.1) is 11.3 Å². The first-order valence-corrected chi connectivity index (χ1v) is 9.98. The maximum absolute atomic E-state index is 13.4. The molecule has 0 N–H and O–H groups in total. The van der Waals surface area contributed by atoms with Crippen LogP contribution in [0.3, 0.4) is 0 Å². The number of likely N-dealkylation sites (tertiary alicyclic amines) is 1. The van der Waals surface area contributed by atoms with Gasteiger partial charge in [0, 0.05) is 20.8 Å². The summed E-state index contributed by atoms with van der Waals surface area (Å²) in [5.41, 5.74) is 1.52. The van der Waals surface area contributed by atoms with Crippen LogP contribution in [0.5, 0.6) is 0 Å². The van der Waals surface area contributed by atoms with E-state index in [2.05, 4.69) is 31.9 Å². The number of amides is 1. The number of hydrogen-bond acceptors (Lipinski definition) is 3. The van der Waals surface area contributed by atoms with E-state index in [0.717, 1.165) is 36.5 Å². The number of halogens is 2. The van der Waals surface area contributed by atoms with Crippen LogP contribution in [-0.4, -0.2) is 37.0 Å².